The maximum absolute atomic E-state index is 6.43. The molecule has 1 unspecified atom stereocenters. The summed E-state index contributed by atoms with van der Waals surface area (Å²) in [6.07, 6.45) is 8.64. The quantitative estimate of drug-likeness (QED) is 0.340. The van der Waals surface area contributed by atoms with E-state index in [2.05, 4.69) is 28.6 Å². The van der Waals surface area contributed by atoms with Crippen molar-refractivity contribution in [1.82, 2.24) is 9.55 Å². The van der Waals surface area contributed by atoms with Crippen LogP contribution < -0.4 is 0 Å². The third-order valence-electron chi connectivity index (χ3n) is 4.56. The first-order chi connectivity index (χ1) is 12.9. The number of aromatic nitrogens is 2. The van der Waals surface area contributed by atoms with E-state index in [4.69, 9.17) is 34.8 Å². The molecule has 2 nitrogen and oxygen atoms in total. The van der Waals surface area contributed by atoms with E-state index in [1.165, 1.54) is 5.56 Å². The van der Waals surface area contributed by atoms with Crippen LogP contribution in [0.3, 0.4) is 0 Å². The lowest BCUT2D eigenvalue weighted by molar-refractivity contribution is 0.492. The van der Waals surface area contributed by atoms with Gasteiger partial charge >= 0.3 is 0 Å². The van der Waals surface area contributed by atoms with E-state index in [1.807, 2.05) is 49.1 Å². The van der Waals surface area contributed by atoms with Gasteiger partial charge in [0.25, 0.3) is 0 Å². The molecule has 0 N–H and O–H groups in total. The molecule has 1 heterocycles. The minimum absolute atomic E-state index is 0.00176. The molecule has 1 aromatic heterocycles. The van der Waals surface area contributed by atoms with Crippen molar-refractivity contribution in [1.29, 1.82) is 0 Å². The summed E-state index contributed by atoms with van der Waals surface area (Å²) >= 11 is 20.4. The van der Waals surface area contributed by atoms with E-state index in [9.17, 15) is 0 Å². The number of thioether (sulfide) groups is 1. The van der Waals surface area contributed by atoms with E-state index in [0.29, 0.717) is 5.02 Å². The van der Waals surface area contributed by atoms with Crippen molar-refractivity contribution < 1.29 is 0 Å². The summed E-state index contributed by atoms with van der Waals surface area (Å²) in [5.41, 5.74) is 1.28. The number of imidazole rings is 1. The highest BCUT2D eigenvalue weighted by molar-refractivity contribution is 8.00. The Hall–Kier alpha value is -1.13. The molecule has 0 fully saturated rings. The number of aryl methyl sites for hydroxylation is 2. The monoisotopic (exact) mass is 438 g/mol. The molecule has 2 aromatic carbocycles. The van der Waals surface area contributed by atoms with Crippen LogP contribution in [0.2, 0.25) is 15.1 Å². The van der Waals surface area contributed by atoms with Crippen LogP contribution in [0.1, 0.15) is 25.3 Å². The third-order valence-corrected chi connectivity index (χ3v) is 6.95. The SMILES string of the molecule is CC(CCc1ccc(Cl)cc1)(CCn1ccnc1)Sc1cc(Cl)ccc1Cl. The van der Waals surface area contributed by atoms with Crippen LogP contribution in [0.4, 0.5) is 0 Å². The van der Waals surface area contributed by atoms with E-state index in [0.717, 1.165) is 40.7 Å². The van der Waals surface area contributed by atoms with Crippen LogP contribution in [0.25, 0.3) is 0 Å². The van der Waals surface area contributed by atoms with Gasteiger partial charge in [0.2, 0.25) is 0 Å². The van der Waals surface area contributed by atoms with Gasteiger partial charge in [0.15, 0.2) is 0 Å². The van der Waals surface area contributed by atoms with Crippen LogP contribution in [-0.4, -0.2) is 14.3 Å². The highest BCUT2D eigenvalue weighted by Gasteiger charge is 2.26. The predicted octanol–water partition coefficient (Wildman–Crippen LogP) is 7.42. The van der Waals surface area contributed by atoms with Crippen LogP contribution >= 0.6 is 46.6 Å². The van der Waals surface area contributed by atoms with Crippen molar-refractivity contribution in [3.8, 4) is 0 Å². The summed E-state index contributed by atoms with van der Waals surface area (Å²) < 4.78 is 2.11. The van der Waals surface area contributed by atoms with E-state index >= 15 is 0 Å². The van der Waals surface area contributed by atoms with Gasteiger partial charge in [-0.2, -0.15) is 0 Å². The Labute approximate surface area is 179 Å². The molecule has 27 heavy (non-hydrogen) atoms. The number of benzene rings is 2. The van der Waals surface area contributed by atoms with Gasteiger partial charge in [0.1, 0.15) is 0 Å². The normalized spacial score (nSPS) is 13.5. The summed E-state index contributed by atoms with van der Waals surface area (Å²) in [6.45, 7) is 3.20. The van der Waals surface area contributed by atoms with Gasteiger partial charge in [-0.05, 0) is 55.2 Å². The van der Waals surface area contributed by atoms with Gasteiger partial charge in [-0.3, -0.25) is 0 Å². The second-order valence-electron chi connectivity index (χ2n) is 6.80. The Morgan fingerprint density at radius 2 is 1.74 bits per heavy atom. The lowest BCUT2D eigenvalue weighted by Crippen LogP contribution is -2.23. The number of halogens is 3. The van der Waals surface area contributed by atoms with Gasteiger partial charge in [-0.1, -0.05) is 53.9 Å². The average molecular weight is 440 g/mol. The van der Waals surface area contributed by atoms with Crippen molar-refractivity contribution in [2.45, 2.75) is 42.4 Å². The second-order valence-corrected chi connectivity index (χ2v) is 9.71. The molecule has 0 aliphatic heterocycles. The molecule has 3 aromatic rings. The lowest BCUT2D eigenvalue weighted by Gasteiger charge is -2.30. The molecule has 0 spiro atoms. The summed E-state index contributed by atoms with van der Waals surface area (Å²) in [5, 5.41) is 2.21. The standard InChI is InChI=1S/C21H21Cl3N2S/c1-21(10-12-26-13-11-25-15-26,9-8-16-2-4-17(22)5-3-16)27-20-14-18(23)6-7-19(20)24/h2-7,11,13-15H,8-10,12H2,1H3. The number of rotatable bonds is 8. The molecule has 6 heteroatoms. The molecule has 3 rings (SSSR count). The highest BCUT2D eigenvalue weighted by Crippen LogP contribution is 2.43. The van der Waals surface area contributed by atoms with Crippen LogP contribution in [-0.2, 0) is 13.0 Å². The molecule has 1 atom stereocenters. The summed E-state index contributed by atoms with van der Waals surface area (Å²) in [4.78, 5) is 5.16. The fourth-order valence-electron chi connectivity index (χ4n) is 2.89. The van der Waals surface area contributed by atoms with Gasteiger partial charge in [-0.15, -0.1) is 11.8 Å². The Bertz CT molecular complexity index is 866. The molecule has 0 aliphatic carbocycles. The predicted molar refractivity (Wildman–Crippen MR) is 117 cm³/mol. The van der Waals surface area contributed by atoms with Crippen molar-refractivity contribution >= 4 is 46.6 Å². The molecule has 0 bridgehead atoms. The third kappa shape index (κ3) is 6.18. The first kappa shape index (κ1) is 20.6. The van der Waals surface area contributed by atoms with Crippen LogP contribution in [0.5, 0.6) is 0 Å². The van der Waals surface area contributed by atoms with Crippen molar-refractivity contribution in [2.75, 3.05) is 0 Å². The average Bonchev–Trinajstić information content (AvgIpc) is 3.17. The Morgan fingerprint density at radius 1 is 1.00 bits per heavy atom. The van der Waals surface area contributed by atoms with Crippen molar-refractivity contribution in [2.24, 2.45) is 0 Å². The molecular weight excluding hydrogens is 419 g/mol. The Morgan fingerprint density at radius 3 is 2.44 bits per heavy atom. The van der Waals surface area contributed by atoms with Crippen molar-refractivity contribution in [3.05, 3.63) is 81.8 Å². The van der Waals surface area contributed by atoms with Crippen LogP contribution in [0, 0.1) is 0 Å². The number of nitrogens with zero attached hydrogens (tertiary/aromatic N) is 2. The number of hydrogen-bond acceptors (Lipinski definition) is 2. The van der Waals surface area contributed by atoms with Crippen molar-refractivity contribution in [3.63, 3.8) is 0 Å². The summed E-state index contributed by atoms with van der Waals surface area (Å²) in [6, 6.07) is 13.7. The van der Waals surface area contributed by atoms with E-state index < -0.39 is 0 Å². The van der Waals surface area contributed by atoms with Gasteiger partial charge in [0.05, 0.1) is 11.3 Å². The molecule has 0 amide bonds. The van der Waals surface area contributed by atoms with Gasteiger partial charge in [-0.25, -0.2) is 4.98 Å². The molecular formula is C21H21Cl3N2S. The molecule has 0 radical (unpaired) electrons. The minimum atomic E-state index is -0.00176. The summed E-state index contributed by atoms with van der Waals surface area (Å²) in [5.74, 6) is 0. The Kier molecular flexibility index (Phi) is 7.16. The van der Waals surface area contributed by atoms with Gasteiger partial charge < -0.3 is 4.57 Å². The smallest absolute Gasteiger partial charge is 0.0945 e. The zero-order chi connectivity index (χ0) is 19.3. The molecule has 0 saturated heterocycles. The molecule has 0 aliphatic rings. The van der Waals surface area contributed by atoms with Gasteiger partial charge in [0, 0.05) is 38.6 Å². The maximum Gasteiger partial charge on any atom is 0.0945 e. The fourth-order valence-corrected chi connectivity index (χ4v) is 4.77. The molecule has 0 saturated carbocycles. The topological polar surface area (TPSA) is 17.8 Å². The zero-order valence-corrected chi connectivity index (χ0v) is 18.1. The second kappa shape index (κ2) is 9.38. The largest absolute Gasteiger partial charge is 0.337 e. The lowest BCUT2D eigenvalue weighted by atomic mass is 9.97. The fraction of sp³-hybridized carbons (Fsp3) is 0.286. The minimum Gasteiger partial charge on any atom is -0.337 e. The van der Waals surface area contributed by atoms with Crippen LogP contribution in [0.15, 0.2) is 66.1 Å². The number of hydrogen-bond donors (Lipinski definition) is 0. The first-order valence-corrected chi connectivity index (χ1v) is 10.7. The highest BCUT2D eigenvalue weighted by atomic mass is 35.5. The molecule has 142 valence electrons. The zero-order valence-electron chi connectivity index (χ0n) is 15.0. The Balaban J connectivity index is 1.76. The van der Waals surface area contributed by atoms with E-state index in [-0.39, 0.29) is 4.75 Å². The maximum atomic E-state index is 6.43. The summed E-state index contributed by atoms with van der Waals surface area (Å²) in [7, 11) is 0. The van der Waals surface area contributed by atoms with E-state index in [1.54, 1.807) is 11.8 Å². The first-order valence-electron chi connectivity index (χ1n) is 8.78.